The molecule has 0 N–H and O–H groups in total. The molecule has 0 radical (unpaired) electrons. The van der Waals surface area contributed by atoms with Gasteiger partial charge in [0.25, 0.3) is 11.8 Å². The molecular weight excluding hydrogens is 357 g/mol. The van der Waals surface area contributed by atoms with E-state index in [1.165, 1.54) is 30.3 Å². The Morgan fingerprint density at radius 3 is 2.15 bits per heavy atom. The first-order valence-electron chi connectivity index (χ1n) is 7.75. The van der Waals surface area contributed by atoms with Gasteiger partial charge in [-0.2, -0.15) is 0 Å². The van der Waals surface area contributed by atoms with Crippen molar-refractivity contribution < 1.29 is 18.7 Å². The van der Waals surface area contributed by atoms with Gasteiger partial charge in [-0.25, -0.2) is 9.29 Å². The number of benzene rings is 3. The SMILES string of the molecule is O=C1c2ccccc2C(=O)N1c1ccc(Oc2cccc(F)c2)c(Cl)c1. The summed E-state index contributed by atoms with van der Waals surface area (Å²) in [5.41, 5.74) is 1.05. The van der Waals surface area contributed by atoms with Crippen LogP contribution in [0.3, 0.4) is 0 Å². The molecule has 1 heterocycles. The highest BCUT2D eigenvalue weighted by Crippen LogP contribution is 2.35. The van der Waals surface area contributed by atoms with E-state index < -0.39 is 17.6 Å². The number of hydrogen-bond donors (Lipinski definition) is 0. The predicted octanol–water partition coefficient (Wildman–Crippen LogP) is 5.07. The molecule has 2 amide bonds. The Labute approximate surface area is 153 Å². The summed E-state index contributed by atoms with van der Waals surface area (Å²) >= 11 is 6.24. The quantitative estimate of drug-likeness (QED) is 0.607. The third-order valence-corrected chi connectivity index (χ3v) is 4.29. The molecule has 3 aromatic carbocycles. The van der Waals surface area contributed by atoms with Gasteiger partial charge in [-0.1, -0.05) is 29.8 Å². The topological polar surface area (TPSA) is 46.6 Å². The summed E-state index contributed by atoms with van der Waals surface area (Å²) in [6, 6.07) is 16.8. The van der Waals surface area contributed by atoms with Gasteiger partial charge in [0, 0.05) is 6.07 Å². The van der Waals surface area contributed by atoms with Crippen LogP contribution in [0.1, 0.15) is 20.7 Å². The number of carbonyl (C=O) groups is 2. The lowest BCUT2D eigenvalue weighted by Gasteiger charge is -2.15. The molecule has 0 bridgehead atoms. The van der Waals surface area contributed by atoms with Gasteiger partial charge in [-0.15, -0.1) is 0 Å². The molecule has 1 aliphatic heterocycles. The van der Waals surface area contributed by atoms with Crippen LogP contribution in [0, 0.1) is 5.82 Å². The van der Waals surface area contributed by atoms with E-state index >= 15 is 0 Å². The maximum Gasteiger partial charge on any atom is 0.266 e. The highest BCUT2D eigenvalue weighted by atomic mass is 35.5. The fourth-order valence-electron chi connectivity index (χ4n) is 2.79. The zero-order chi connectivity index (χ0) is 18.3. The minimum Gasteiger partial charge on any atom is -0.456 e. The zero-order valence-electron chi connectivity index (χ0n) is 13.3. The Kier molecular flexibility index (Phi) is 3.93. The van der Waals surface area contributed by atoms with Gasteiger partial charge in [0.15, 0.2) is 0 Å². The van der Waals surface area contributed by atoms with Gasteiger partial charge in [0.05, 0.1) is 21.8 Å². The van der Waals surface area contributed by atoms with Gasteiger partial charge in [0.1, 0.15) is 17.3 Å². The lowest BCUT2D eigenvalue weighted by atomic mass is 10.1. The fraction of sp³-hybridized carbons (Fsp3) is 0. The van der Waals surface area contributed by atoms with Gasteiger partial charge in [0.2, 0.25) is 0 Å². The molecule has 6 heteroatoms. The van der Waals surface area contributed by atoms with E-state index in [0.29, 0.717) is 22.6 Å². The zero-order valence-corrected chi connectivity index (χ0v) is 14.0. The van der Waals surface area contributed by atoms with Crippen molar-refractivity contribution in [3.8, 4) is 11.5 Å². The summed E-state index contributed by atoms with van der Waals surface area (Å²) in [5, 5.41) is 0.198. The number of fused-ring (bicyclic) bond motifs is 1. The molecule has 0 saturated heterocycles. The van der Waals surface area contributed by atoms with E-state index in [0.717, 1.165) is 4.90 Å². The molecule has 4 nitrogen and oxygen atoms in total. The maximum absolute atomic E-state index is 13.3. The molecule has 0 spiro atoms. The van der Waals surface area contributed by atoms with Crippen LogP contribution in [0.2, 0.25) is 5.02 Å². The third kappa shape index (κ3) is 2.72. The lowest BCUT2D eigenvalue weighted by Crippen LogP contribution is -2.29. The highest BCUT2D eigenvalue weighted by Gasteiger charge is 2.36. The van der Waals surface area contributed by atoms with Crippen LogP contribution in [0.15, 0.2) is 66.7 Å². The van der Waals surface area contributed by atoms with Crippen LogP contribution >= 0.6 is 11.6 Å². The smallest absolute Gasteiger partial charge is 0.266 e. The molecule has 1 aliphatic rings. The summed E-state index contributed by atoms with van der Waals surface area (Å²) < 4.78 is 18.8. The summed E-state index contributed by atoms with van der Waals surface area (Å²) in [5.74, 6) is -0.653. The van der Waals surface area contributed by atoms with Crippen LogP contribution in [0.25, 0.3) is 0 Å². The van der Waals surface area contributed by atoms with Crippen molar-refractivity contribution in [3.63, 3.8) is 0 Å². The Balaban J connectivity index is 1.65. The number of halogens is 2. The van der Waals surface area contributed by atoms with Gasteiger partial charge in [-0.3, -0.25) is 9.59 Å². The van der Waals surface area contributed by atoms with Gasteiger partial charge >= 0.3 is 0 Å². The largest absolute Gasteiger partial charge is 0.456 e. The number of nitrogens with zero attached hydrogens (tertiary/aromatic N) is 1. The van der Waals surface area contributed by atoms with Crippen LogP contribution in [-0.2, 0) is 0 Å². The van der Waals surface area contributed by atoms with Crippen molar-refractivity contribution in [2.24, 2.45) is 0 Å². The van der Waals surface area contributed by atoms with Crippen LogP contribution in [0.4, 0.5) is 10.1 Å². The van der Waals surface area contributed by atoms with Gasteiger partial charge < -0.3 is 4.74 Å². The van der Waals surface area contributed by atoms with Crippen LogP contribution in [0.5, 0.6) is 11.5 Å². The first-order chi connectivity index (χ1) is 12.5. The number of hydrogen-bond acceptors (Lipinski definition) is 3. The molecule has 0 aromatic heterocycles. The van der Waals surface area contributed by atoms with E-state index in [9.17, 15) is 14.0 Å². The maximum atomic E-state index is 13.3. The number of imide groups is 1. The first kappa shape index (κ1) is 16.3. The highest BCUT2D eigenvalue weighted by molar-refractivity contribution is 6.36. The van der Waals surface area contributed by atoms with Crippen molar-refractivity contribution in [2.45, 2.75) is 0 Å². The molecule has 4 rings (SSSR count). The average molecular weight is 368 g/mol. The minimum atomic E-state index is -0.429. The Bertz CT molecular complexity index is 1020. The van der Waals surface area contributed by atoms with E-state index in [1.54, 1.807) is 36.4 Å². The minimum absolute atomic E-state index is 0.198. The summed E-state index contributed by atoms with van der Waals surface area (Å²) in [4.78, 5) is 26.1. The second-order valence-electron chi connectivity index (χ2n) is 5.67. The number of anilines is 1. The number of amides is 2. The van der Waals surface area contributed by atoms with Crippen molar-refractivity contribution in [3.05, 3.63) is 88.7 Å². The van der Waals surface area contributed by atoms with Gasteiger partial charge in [-0.05, 0) is 42.5 Å². The second kappa shape index (κ2) is 6.28. The fourth-order valence-corrected chi connectivity index (χ4v) is 3.01. The molecule has 3 aromatic rings. The normalized spacial score (nSPS) is 13.1. The first-order valence-corrected chi connectivity index (χ1v) is 8.13. The van der Waals surface area contributed by atoms with E-state index in [1.807, 2.05) is 0 Å². The Morgan fingerprint density at radius 2 is 1.54 bits per heavy atom. The molecule has 0 atom stereocenters. The standard InChI is InChI=1S/C20H11ClFNO3/c21-17-11-13(8-9-18(17)26-14-5-3-4-12(22)10-14)23-19(24)15-6-1-2-7-16(15)20(23)25/h1-11H. The van der Waals surface area contributed by atoms with E-state index in [-0.39, 0.29) is 10.8 Å². The number of rotatable bonds is 3. The van der Waals surface area contributed by atoms with Crippen molar-refractivity contribution in [2.75, 3.05) is 4.90 Å². The molecule has 0 fully saturated rings. The molecule has 0 unspecified atom stereocenters. The Hall–Kier alpha value is -3.18. The molecule has 26 heavy (non-hydrogen) atoms. The molecule has 0 aliphatic carbocycles. The van der Waals surface area contributed by atoms with Crippen molar-refractivity contribution in [1.82, 2.24) is 0 Å². The second-order valence-corrected chi connectivity index (χ2v) is 6.07. The average Bonchev–Trinajstić information content (AvgIpc) is 2.88. The molecular formula is C20H11ClFNO3. The van der Waals surface area contributed by atoms with Crippen molar-refractivity contribution >= 4 is 29.1 Å². The summed E-state index contributed by atoms with van der Waals surface area (Å²) in [6.45, 7) is 0. The van der Waals surface area contributed by atoms with Crippen LogP contribution < -0.4 is 9.64 Å². The molecule has 0 saturated carbocycles. The third-order valence-electron chi connectivity index (χ3n) is 3.99. The van der Waals surface area contributed by atoms with Crippen LogP contribution in [-0.4, -0.2) is 11.8 Å². The summed E-state index contributed by atoms with van der Waals surface area (Å²) in [6.07, 6.45) is 0. The van der Waals surface area contributed by atoms with E-state index in [4.69, 9.17) is 16.3 Å². The molecule has 128 valence electrons. The monoisotopic (exact) mass is 367 g/mol. The number of carbonyl (C=O) groups excluding carboxylic acids is 2. The van der Waals surface area contributed by atoms with E-state index in [2.05, 4.69) is 0 Å². The number of ether oxygens (including phenoxy) is 1. The Morgan fingerprint density at radius 1 is 0.846 bits per heavy atom. The van der Waals surface area contributed by atoms with Crippen molar-refractivity contribution in [1.29, 1.82) is 0 Å². The summed E-state index contributed by atoms with van der Waals surface area (Å²) in [7, 11) is 0. The predicted molar refractivity (Wildman–Crippen MR) is 95.5 cm³/mol. The lowest BCUT2D eigenvalue weighted by molar-refractivity contribution is 0.0926.